The zero-order chi connectivity index (χ0) is 16.8. The molecular formula is C20H26ClN3. The van der Waals surface area contributed by atoms with E-state index in [1.807, 2.05) is 12.1 Å². The molecule has 0 aromatic heterocycles. The highest BCUT2D eigenvalue weighted by Crippen LogP contribution is 2.30. The number of hydrogen-bond donors (Lipinski definition) is 1. The number of halogens is 1. The molecule has 1 heterocycles. The minimum Gasteiger partial charge on any atom is -0.330 e. The quantitative estimate of drug-likeness (QED) is 0.872. The van der Waals surface area contributed by atoms with Gasteiger partial charge in [0.15, 0.2) is 0 Å². The van der Waals surface area contributed by atoms with Crippen molar-refractivity contribution in [3.05, 3.63) is 70.7 Å². The van der Waals surface area contributed by atoms with E-state index >= 15 is 0 Å². The van der Waals surface area contributed by atoms with Crippen LogP contribution in [0.5, 0.6) is 0 Å². The molecule has 0 bridgehead atoms. The summed E-state index contributed by atoms with van der Waals surface area (Å²) < 4.78 is 0. The van der Waals surface area contributed by atoms with Gasteiger partial charge in [-0.1, -0.05) is 54.1 Å². The molecule has 4 heteroatoms. The molecule has 0 amide bonds. The van der Waals surface area contributed by atoms with Crippen molar-refractivity contribution in [2.75, 3.05) is 39.3 Å². The van der Waals surface area contributed by atoms with Crippen LogP contribution in [-0.2, 0) is 0 Å². The minimum absolute atomic E-state index is 0.292. The van der Waals surface area contributed by atoms with Gasteiger partial charge in [-0.05, 0) is 42.8 Å². The molecule has 128 valence electrons. The van der Waals surface area contributed by atoms with Crippen LogP contribution in [0.25, 0.3) is 0 Å². The van der Waals surface area contributed by atoms with Gasteiger partial charge < -0.3 is 10.6 Å². The van der Waals surface area contributed by atoms with Gasteiger partial charge in [-0.3, -0.25) is 4.90 Å². The Hall–Kier alpha value is -1.39. The molecule has 1 atom stereocenters. The van der Waals surface area contributed by atoms with Crippen LogP contribution in [0.15, 0.2) is 54.6 Å². The Kier molecular flexibility index (Phi) is 6.27. The maximum Gasteiger partial charge on any atom is 0.0602 e. The summed E-state index contributed by atoms with van der Waals surface area (Å²) in [5.74, 6) is 0. The first-order valence-corrected chi connectivity index (χ1v) is 9.12. The molecule has 0 radical (unpaired) electrons. The fraction of sp³-hybridized carbons (Fsp3) is 0.400. The third kappa shape index (κ3) is 4.37. The first-order valence-electron chi connectivity index (χ1n) is 8.75. The zero-order valence-electron chi connectivity index (χ0n) is 14.1. The molecule has 24 heavy (non-hydrogen) atoms. The normalized spacial score (nSPS) is 17.8. The molecule has 3 nitrogen and oxygen atoms in total. The highest BCUT2D eigenvalue weighted by molar-refractivity contribution is 6.30. The SMILES string of the molecule is NCCCN1CCN(C(c2ccccc2)c2ccc(Cl)cc2)CC1. The van der Waals surface area contributed by atoms with Crippen LogP contribution in [0, 0.1) is 0 Å². The second-order valence-electron chi connectivity index (χ2n) is 6.38. The van der Waals surface area contributed by atoms with E-state index in [0.717, 1.165) is 50.7 Å². The predicted octanol–water partition coefficient (Wildman–Crippen LogP) is 3.40. The van der Waals surface area contributed by atoms with E-state index in [4.69, 9.17) is 17.3 Å². The van der Waals surface area contributed by atoms with Gasteiger partial charge in [-0.25, -0.2) is 0 Å². The van der Waals surface area contributed by atoms with Crippen molar-refractivity contribution in [2.45, 2.75) is 12.5 Å². The Bertz CT molecular complexity index is 607. The number of nitrogens with zero attached hydrogens (tertiary/aromatic N) is 2. The number of piperazine rings is 1. The zero-order valence-corrected chi connectivity index (χ0v) is 14.8. The second-order valence-corrected chi connectivity index (χ2v) is 6.82. The third-order valence-electron chi connectivity index (χ3n) is 4.75. The number of rotatable bonds is 6. The lowest BCUT2D eigenvalue weighted by Crippen LogP contribution is -2.48. The standard InChI is InChI=1S/C20H26ClN3/c21-19-9-7-18(8-10-19)20(17-5-2-1-3-6-17)24-15-13-23(14-16-24)12-4-11-22/h1-3,5-10,20H,4,11-16,22H2. The summed E-state index contributed by atoms with van der Waals surface area (Å²) in [7, 11) is 0. The highest BCUT2D eigenvalue weighted by atomic mass is 35.5. The Morgan fingerprint density at radius 1 is 0.875 bits per heavy atom. The highest BCUT2D eigenvalue weighted by Gasteiger charge is 2.26. The van der Waals surface area contributed by atoms with Crippen LogP contribution >= 0.6 is 11.6 Å². The van der Waals surface area contributed by atoms with E-state index < -0.39 is 0 Å². The van der Waals surface area contributed by atoms with E-state index in [2.05, 4.69) is 52.3 Å². The van der Waals surface area contributed by atoms with Crippen LogP contribution in [0.2, 0.25) is 5.02 Å². The lowest BCUT2D eigenvalue weighted by atomic mass is 9.96. The molecule has 1 aliphatic heterocycles. The summed E-state index contributed by atoms with van der Waals surface area (Å²) in [6, 6.07) is 19.3. The fourth-order valence-corrected chi connectivity index (χ4v) is 3.58. The Balaban J connectivity index is 1.77. The van der Waals surface area contributed by atoms with Crippen LogP contribution in [0.3, 0.4) is 0 Å². The predicted molar refractivity (Wildman–Crippen MR) is 101 cm³/mol. The molecule has 3 rings (SSSR count). The van der Waals surface area contributed by atoms with Gasteiger partial charge in [0.2, 0.25) is 0 Å². The lowest BCUT2D eigenvalue weighted by Gasteiger charge is -2.39. The lowest BCUT2D eigenvalue weighted by molar-refractivity contribution is 0.109. The maximum atomic E-state index is 6.09. The molecular weight excluding hydrogens is 318 g/mol. The summed E-state index contributed by atoms with van der Waals surface area (Å²) in [5.41, 5.74) is 8.29. The van der Waals surface area contributed by atoms with Gasteiger partial charge >= 0.3 is 0 Å². The van der Waals surface area contributed by atoms with Gasteiger partial charge in [-0.2, -0.15) is 0 Å². The van der Waals surface area contributed by atoms with Crippen LogP contribution in [-0.4, -0.2) is 49.1 Å². The molecule has 2 aromatic rings. The molecule has 1 aliphatic rings. The summed E-state index contributed by atoms with van der Waals surface area (Å²) >= 11 is 6.09. The van der Waals surface area contributed by atoms with E-state index in [1.54, 1.807) is 0 Å². The Labute approximate surface area is 150 Å². The monoisotopic (exact) mass is 343 g/mol. The number of nitrogens with two attached hydrogens (primary N) is 1. The van der Waals surface area contributed by atoms with E-state index in [-0.39, 0.29) is 0 Å². The van der Waals surface area contributed by atoms with Gasteiger partial charge in [0.25, 0.3) is 0 Å². The maximum absolute atomic E-state index is 6.09. The van der Waals surface area contributed by atoms with Crippen LogP contribution in [0.4, 0.5) is 0 Å². The van der Waals surface area contributed by atoms with Crippen LogP contribution in [0.1, 0.15) is 23.6 Å². The topological polar surface area (TPSA) is 32.5 Å². The molecule has 1 unspecified atom stereocenters. The summed E-state index contributed by atoms with van der Waals surface area (Å²) in [6.45, 7) is 6.26. The average molecular weight is 344 g/mol. The van der Waals surface area contributed by atoms with Crippen molar-refractivity contribution in [1.29, 1.82) is 0 Å². The smallest absolute Gasteiger partial charge is 0.0602 e. The molecule has 0 spiro atoms. The van der Waals surface area contributed by atoms with Crippen molar-refractivity contribution < 1.29 is 0 Å². The fourth-order valence-electron chi connectivity index (χ4n) is 3.45. The molecule has 0 aliphatic carbocycles. The molecule has 0 saturated carbocycles. The molecule has 2 aromatic carbocycles. The van der Waals surface area contributed by atoms with Gasteiger partial charge in [0.1, 0.15) is 0 Å². The Morgan fingerprint density at radius 3 is 2.12 bits per heavy atom. The van der Waals surface area contributed by atoms with Gasteiger partial charge in [0.05, 0.1) is 6.04 Å². The first kappa shape index (κ1) is 17.4. The van der Waals surface area contributed by atoms with Crippen molar-refractivity contribution in [1.82, 2.24) is 9.80 Å². The van der Waals surface area contributed by atoms with Gasteiger partial charge in [0, 0.05) is 31.2 Å². The van der Waals surface area contributed by atoms with E-state index in [9.17, 15) is 0 Å². The number of hydrogen-bond acceptors (Lipinski definition) is 3. The van der Waals surface area contributed by atoms with Crippen LogP contribution < -0.4 is 5.73 Å². The summed E-state index contributed by atoms with van der Waals surface area (Å²) in [6.07, 6.45) is 1.08. The number of benzene rings is 2. The third-order valence-corrected chi connectivity index (χ3v) is 5.00. The van der Waals surface area contributed by atoms with E-state index in [0.29, 0.717) is 6.04 Å². The molecule has 1 saturated heterocycles. The van der Waals surface area contributed by atoms with Gasteiger partial charge in [-0.15, -0.1) is 0 Å². The molecule has 1 fully saturated rings. The average Bonchev–Trinajstić information content (AvgIpc) is 2.64. The summed E-state index contributed by atoms with van der Waals surface area (Å²) in [4.78, 5) is 5.10. The van der Waals surface area contributed by atoms with Crippen molar-refractivity contribution in [3.8, 4) is 0 Å². The minimum atomic E-state index is 0.292. The molecule has 2 N–H and O–H groups in total. The largest absolute Gasteiger partial charge is 0.330 e. The summed E-state index contributed by atoms with van der Waals surface area (Å²) in [5, 5.41) is 0.789. The van der Waals surface area contributed by atoms with Crippen molar-refractivity contribution >= 4 is 11.6 Å². The second kappa shape index (κ2) is 8.63. The Morgan fingerprint density at radius 2 is 1.50 bits per heavy atom. The first-order chi connectivity index (χ1) is 11.8. The van der Waals surface area contributed by atoms with Crippen molar-refractivity contribution in [2.24, 2.45) is 5.73 Å². The van der Waals surface area contributed by atoms with E-state index in [1.165, 1.54) is 11.1 Å². The van der Waals surface area contributed by atoms with Crippen molar-refractivity contribution in [3.63, 3.8) is 0 Å².